The minimum absolute atomic E-state index is 0.205. The number of ether oxygens (including phenoxy) is 2. The second-order valence-corrected chi connectivity index (χ2v) is 7.20. The van der Waals surface area contributed by atoms with E-state index < -0.39 is 5.97 Å². The Hall–Kier alpha value is -3.86. The second kappa shape index (κ2) is 10.8. The van der Waals surface area contributed by atoms with Crippen LogP contribution in [-0.4, -0.2) is 18.0 Å². The van der Waals surface area contributed by atoms with E-state index in [9.17, 15) is 9.59 Å². The molecule has 1 amide bonds. The van der Waals surface area contributed by atoms with E-state index in [-0.39, 0.29) is 12.0 Å². The molecule has 0 atom stereocenters. The third kappa shape index (κ3) is 7.16. The Balaban J connectivity index is 1.53. The lowest BCUT2D eigenvalue weighted by atomic mass is 10.2. The highest BCUT2D eigenvalue weighted by molar-refractivity contribution is 6.02. The lowest BCUT2D eigenvalue weighted by Crippen LogP contribution is -2.13. The van der Waals surface area contributed by atoms with Crippen molar-refractivity contribution in [2.75, 3.05) is 5.32 Å². The molecule has 5 heteroatoms. The number of rotatable bonds is 8. The van der Waals surface area contributed by atoms with Crippen LogP contribution in [0, 0.1) is 0 Å². The minimum atomic E-state index is -0.420. The molecule has 3 aromatic carbocycles. The Labute approximate surface area is 182 Å². The summed E-state index contributed by atoms with van der Waals surface area (Å²) in [6.07, 6.45) is 2.95. The maximum absolute atomic E-state index is 12.2. The number of carbonyl (C=O) groups is 2. The Morgan fingerprint density at radius 2 is 1.68 bits per heavy atom. The molecule has 5 nitrogen and oxygen atoms in total. The van der Waals surface area contributed by atoms with Gasteiger partial charge in [-0.1, -0.05) is 48.5 Å². The quantitative estimate of drug-likeness (QED) is 0.391. The SMILES string of the molecule is CC(C)OC(=O)c1cccc(NC(=O)/C=C/c2ccc(OCc3ccccc3)cc2)c1. The van der Waals surface area contributed by atoms with Gasteiger partial charge in [0.05, 0.1) is 11.7 Å². The van der Waals surface area contributed by atoms with Crippen molar-refractivity contribution in [1.82, 2.24) is 0 Å². The summed E-state index contributed by atoms with van der Waals surface area (Å²) in [5.41, 5.74) is 2.89. The summed E-state index contributed by atoms with van der Waals surface area (Å²) in [5.74, 6) is 0.0468. The summed E-state index contributed by atoms with van der Waals surface area (Å²) >= 11 is 0. The molecule has 158 valence electrons. The van der Waals surface area contributed by atoms with E-state index in [0.717, 1.165) is 16.9 Å². The third-order valence-electron chi connectivity index (χ3n) is 4.26. The van der Waals surface area contributed by atoms with Crippen LogP contribution in [0.1, 0.15) is 35.3 Å². The second-order valence-electron chi connectivity index (χ2n) is 7.20. The van der Waals surface area contributed by atoms with Crippen molar-refractivity contribution in [3.05, 3.63) is 102 Å². The van der Waals surface area contributed by atoms with E-state index in [4.69, 9.17) is 9.47 Å². The van der Waals surface area contributed by atoms with Crippen LogP contribution < -0.4 is 10.1 Å². The Kier molecular flexibility index (Phi) is 7.60. The molecule has 0 saturated heterocycles. The van der Waals surface area contributed by atoms with Crippen LogP contribution in [0.3, 0.4) is 0 Å². The molecular weight excluding hydrogens is 390 g/mol. The van der Waals surface area contributed by atoms with Crippen molar-refractivity contribution in [1.29, 1.82) is 0 Å². The van der Waals surface area contributed by atoms with Gasteiger partial charge in [0, 0.05) is 11.8 Å². The fourth-order valence-electron chi connectivity index (χ4n) is 2.78. The summed E-state index contributed by atoms with van der Waals surface area (Å²) in [4.78, 5) is 24.2. The molecule has 0 aromatic heterocycles. The van der Waals surface area contributed by atoms with E-state index in [1.54, 1.807) is 44.2 Å². The van der Waals surface area contributed by atoms with Crippen LogP contribution in [0.15, 0.2) is 84.9 Å². The molecule has 31 heavy (non-hydrogen) atoms. The molecule has 3 aromatic rings. The van der Waals surface area contributed by atoms with Crippen LogP contribution in [0.2, 0.25) is 0 Å². The molecule has 1 N–H and O–H groups in total. The van der Waals surface area contributed by atoms with Gasteiger partial charge in [-0.25, -0.2) is 4.79 Å². The summed E-state index contributed by atoms with van der Waals surface area (Å²) in [6.45, 7) is 4.08. The molecule has 0 unspecified atom stereocenters. The smallest absolute Gasteiger partial charge is 0.338 e. The number of anilines is 1. The van der Waals surface area contributed by atoms with Crippen LogP contribution in [0.25, 0.3) is 6.08 Å². The molecule has 0 aliphatic rings. The predicted molar refractivity (Wildman–Crippen MR) is 122 cm³/mol. The lowest BCUT2D eigenvalue weighted by molar-refractivity contribution is -0.111. The van der Waals surface area contributed by atoms with Crippen molar-refractivity contribution in [2.24, 2.45) is 0 Å². The Bertz CT molecular complexity index is 1040. The highest BCUT2D eigenvalue weighted by Crippen LogP contribution is 2.16. The molecule has 0 radical (unpaired) electrons. The molecule has 0 aliphatic heterocycles. The third-order valence-corrected chi connectivity index (χ3v) is 4.26. The van der Waals surface area contributed by atoms with Gasteiger partial charge in [0.25, 0.3) is 0 Å². The summed E-state index contributed by atoms with van der Waals surface area (Å²) in [6, 6.07) is 24.1. The average Bonchev–Trinajstić information content (AvgIpc) is 2.77. The maximum Gasteiger partial charge on any atom is 0.338 e. The van der Waals surface area contributed by atoms with Gasteiger partial charge in [0.15, 0.2) is 0 Å². The molecule has 0 heterocycles. The van der Waals surface area contributed by atoms with E-state index in [0.29, 0.717) is 17.9 Å². The topological polar surface area (TPSA) is 64.6 Å². The Morgan fingerprint density at radius 3 is 2.39 bits per heavy atom. The molecule has 0 spiro atoms. The minimum Gasteiger partial charge on any atom is -0.489 e. The number of hydrogen-bond donors (Lipinski definition) is 1. The fourth-order valence-corrected chi connectivity index (χ4v) is 2.78. The fraction of sp³-hybridized carbons (Fsp3) is 0.154. The lowest BCUT2D eigenvalue weighted by Gasteiger charge is -2.09. The van der Waals surface area contributed by atoms with Gasteiger partial charge in [-0.15, -0.1) is 0 Å². The van der Waals surface area contributed by atoms with E-state index >= 15 is 0 Å². The first-order valence-electron chi connectivity index (χ1n) is 10.1. The highest BCUT2D eigenvalue weighted by Gasteiger charge is 2.10. The van der Waals surface area contributed by atoms with Gasteiger partial charge < -0.3 is 14.8 Å². The van der Waals surface area contributed by atoms with Gasteiger partial charge in [-0.05, 0) is 61.4 Å². The van der Waals surface area contributed by atoms with Gasteiger partial charge in [-0.3, -0.25) is 4.79 Å². The highest BCUT2D eigenvalue weighted by atomic mass is 16.5. The molecule has 0 saturated carbocycles. The van der Waals surface area contributed by atoms with E-state index in [2.05, 4.69) is 5.32 Å². The number of carbonyl (C=O) groups excluding carboxylic acids is 2. The van der Waals surface area contributed by atoms with Crippen molar-refractivity contribution >= 4 is 23.6 Å². The number of hydrogen-bond acceptors (Lipinski definition) is 4. The number of amides is 1. The Morgan fingerprint density at radius 1 is 0.935 bits per heavy atom. The van der Waals surface area contributed by atoms with Gasteiger partial charge in [0.1, 0.15) is 12.4 Å². The van der Waals surface area contributed by atoms with Crippen molar-refractivity contribution < 1.29 is 19.1 Å². The summed E-state index contributed by atoms with van der Waals surface area (Å²) in [7, 11) is 0. The molecule has 0 fully saturated rings. The molecule has 0 bridgehead atoms. The zero-order chi connectivity index (χ0) is 22.1. The monoisotopic (exact) mass is 415 g/mol. The standard InChI is InChI=1S/C26H25NO4/c1-19(2)31-26(29)22-9-6-10-23(17-22)27-25(28)16-13-20-11-14-24(15-12-20)30-18-21-7-4-3-5-8-21/h3-17,19H,18H2,1-2H3,(H,27,28)/b16-13+. The molecule has 0 aliphatic carbocycles. The first-order chi connectivity index (χ1) is 15.0. The van der Waals surface area contributed by atoms with E-state index in [1.807, 2.05) is 54.6 Å². The van der Waals surface area contributed by atoms with Crippen LogP contribution in [0.5, 0.6) is 5.75 Å². The zero-order valence-electron chi connectivity index (χ0n) is 17.6. The predicted octanol–water partition coefficient (Wildman–Crippen LogP) is 5.48. The van der Waals surface area contributed by atoms with Crippen molar-refractivity contribution in [3.63, 3.8) is 0 Å². The first kappa shape index (κ1) is 21.8. The van der Waals surface area contributed by atoms with Crippen molar-refractivity contribution in [2.45, 2.75) is 26.6 Å². The molecule has 3 rings (SSSR count). The number of benzene rings is 3. The normalized spacial score (nSPS) is 10.8. The largest absolute Gasteiger partial charge is 0.489 e. The van der Waals surface area contributed by atoms with Crippen LogP contribution in [0.4, 0.5) is 5.69 Å². The van der Waals surface area contributed by atoms with Crippen LogP contribution in [-0.2, 0) is 16.1 Å². The molecular formula is C26H25NO4. The first-order valence-corrected chi connectivity index (χ1v) is 10.1. The maximum atomic E-state index is 12.2. The number of esters is 1. The summed E-state index contributed by atoms with van der Waals surface area (Å²) < 4.78 is 10.9. The van der Waals surface area contributed by atoms with Crippen LogP contribution >= 0.6 is 0 Å². The average molecular weight is 415 g/mol. The van der Waals surface area contributed by atoms with E-state index in [1.165, 1.54) is 6.08 Å². The van der Waals surface area contributed by atoms with Gasteiger partial charge in [-0.2, -0.15) is 0 Å². The van der Waals surface area contributed by atoms with Gasteiger partial charge in [0.2, 0.25) is 5.91 Å². The van der Waals surface area contributed by atoms with Crippen molar-refractivity contribution in [3.8, 4) is 5.75 Å². The number of nitrogens with one attached hydrogen (secondary N) is 1. The summed E-state index contributed by atoms with van der Waals surface area (Å²) in [5, 5.41) is 2.75. The zero-order valence-corrected chi connectivity index (χ0v) is 17.6. The van der Waals surface area contributed by atoms with Gasteiger partial charge >= 0.3 is 5.97 Å².